The zero-order valence-electron chi connectivity index (χ0n) is 5.52. The fourth-order valence-corrected chi connectivity index (χ4v) is 0.627. The van der Waals surface area contributed by atoms with Crippen molar-refractivity contribution in [2.45, 2.75) is 13.8 Å². The maximum absolute atomic E-state index is 10.4. The van der Waals surface area contributed by atoms with Gasteiger partial charge in [-0.25, -0.2) is 0 Å². The van der Waals surface area contributed by atoms with Crippen LogP contribution in [0.15, 0.2) is 23.8 Å². The lowest BCUT2D eigenvalue weighted by molar-refractivity contribution is -0.108. The Hall–Kier alpha value is -0.560. The first kappa shape index (κ1) is 8.44. The van der Waals surface area contributed by atoms with Crippen LogP contribution in [0.4, 0.5) is 0 Å². The molecule has 0 radical (unpaired) electrons. The second-order valence-corrected chi connectivity index (χ2v) is 1.86. The van der Waals surface area contributed by atoms with E-state index in [2.05, 4.69) is 0 Å². The Morgan fingerprint density at radius 3 is 2.11 bits per heavy atom. The van der Waals surface area contributed by atoms with Crippen molar-refractivity contribution < 1.29 is 4.79 Å². The van der Waals surface area contributed by atoms with E-state index in [0.717, 1.165) is 0 Å². The molecule has 0 rings (SSSR count). The quantitative estimate of drug-likeness (QED) is 0.330. The van der Waals surface area contributed by atoms with Gasteiger partial charge in [0.25, 0.3) is 5.24 Å². The Morgan fingerprint density at radius 1 is 1.44 bits per heavy atom. The Balaban J connectivity index is 4.19. The highest BCUT2D eigenvalue weighted by atomic mass is 35.5. The van der Waals surface area contributed by atoms with Crippen LogP contribution in [0.5, 0.6) is 0 Å². The highest BCUT2D eigenvalue weighted by Gasteiger charge is 1.96. The number of rotatable bonds is 2. The van der Waals surface area contributed by atoms with Crippen LogP contribution in [0.1, 0.15) is 13.8 Å². The molecule has 0 fully saturated rings. The zero-order valence-corrected chi connectivity index (χ0v) is 6.27. The molecule has 0 aromatic rings. The Kier molecular flexibility index (Phi) is 4.06. The maximum atomic E-state index is 10.4. The average molecular weight is 145 g/mol. The molecule has 2 heteroatoms. The van der Waals surface area contributed by atoms with Crippen molar-refractivity contribution in [3.05, 3.63) is 23.8 Å². The van der Waals surface area contributed by atoms with E-state index < -0.39 is 5.24 Å². The van der Waals surface area contributed by atoms with Gasteiger partial charge >= 0.3 is 0 Å². The van der Waals surface area contributed by atoms with E-state index in [4.69, 9.17) is 11.6 Å². The topological polar surface area (TPSA) is 17.1 Å². The first-order valence-electron chi connectivity index (χ1n) is 2.71. The third-order valence-electron chi connectivity index (χ3n) is 0.884. The van der Waals surface area contributed by atoms with E-state index in [0.29, 0.717) is 5.57 Å². The molecule has 0 aliphatic rings. The summed E-state index contributed by atoms with van der Waals surface area (Å²) in [6.45, 7) is 3.61. The minimum absolute atomic E-state index is 0.407. The molecule has 1 nitrogen and oxygen atoms in total. The number of halogens is 1. The molecule has 0 atom stereocenters. The van der Waals surface area contributed by atoms with Crippen LogP contribution >= 0.6 is 11.6 Å². The van der Waals surface area contributed by atoms with Crippen LogP contribution in [0.3, 0.4) is 0 Å². The summed E-state index contributed by atoms with van der Waals surface area (Å²) in [4.78, 5) is 10.4. The summed E-state index contributed by atoms with van der Waals surface area (Å²) in [5, 5.41) is -0.407. The van der Waals surface area contributed by atoms with Gasteiger partial charge in [0.05, 0.1) is 0 Å². The molecule has 0 bridgehead atoms. The molecule has 0 aliphatic carbocycles. The van der Waals surface area contributed by atoms with Gasteiger partial charge in [0.1, 0.15) is 0 Å². The predicted octanol–water partition coefficient (Wildman–Crippen LogP) is 2.27. The van der Waals surface area contributed by atoms with Gasteiger partial charge in [0.2, 0.25) is 0 Å². The highest BCUT2D eigenvalue weighted by Crippen LogP contribution is 2.00. The number of carbonyl (C=O) groups excluding carboxylic acids is 1. The summed E-state index contributed by atoms with van der Waals surface area (Å²) in [5.74, 6) is 0. The second kappa shape index (κ2) is 4.33. The predicted molar refractivity (Wildman–Crippen MR) is 39.4 cm³/mol. The lowest BCUT2D eigenvalue weighted by atomic mass is 10.2. The van der Waals surface area contributed by atoms with Crippen LogP contribution in [0, 0.1) is 0 Å². The molecule has 0 heterocycles. The smallest absolute Gasteiger partial charge is 0.252 e. The molecule has 0 spiro atoms. The summed E-state index contributed by atoms with van der Waals surface area (Å²) in [5.41, 5.74) is 0.541. The van der Waals surface area contributed by atoms with Gasteiger partial charge in [0, 0.05) is 5.57 Å². The molecule has 0 N–H and O–H groups in total. The summed E-state index contributed by atoms with van der Waals surface area (Å²) in [6, 6.07) is 0. The Bertz CT molecular complexity index is 156. The van der Waals surface area contributed by atoms with Crippen LogP contribution in [-0.4, -0.2) is 5.24 Å². The van der Waals surface area contributed by atoms with Crippen LogP contribution in [0.2, 0.25) is 0 Å². The monoisotopic (exact) mass is 144 g/mol. The Morgan fingerprint density at radius 2 is 2.00 bits per heavy atom. The zero-order chi connectivity index (χ0) is 7.28. The number of allylic oxidation sites excluding steroid dienone is 4. The van der Waals surface area contributed by atoms with Gasteiger partial charge in [-0.2, -0.15) is 0 Å². The van der Waals surface area contributed by atoms with Gasteiger partial charge < -0.3 is 0 Å². The molecule has 0 saturated heterocycles. The highest BCUT2D eigenvalue weighted by molar-refractivity contribution is 6.68. The fourth-order valence-electron chi connectivity index (χ4n) is 0.455. The lowest BCUT2D eigenvalue weighted by Crippen LogP contribution is -1.87. The Labute approximate surface area is 60.0 Å². The summed E-state index contributed by atoms with van der Waals surface area (Å²) in [6.07, 6.45) is 5.13. The van der Waals surface area contributed by atoms with Crippen LogP contribution in [-0.2, 0) is 4.79 Å². The summed E-state index contributed by atoms with van der Waals surface area (Å²) < 4.78 is 0. The van der Waals surface area contributed by atoms with Crippen LogP contribution in [0.25, 0.3) is 0 Å². The molecule has 0 aliphatic heterocycles. The normalized spacial score (nSPS) is 12.6. The van der Waals surface area contributed by atoms with Gasteiger partial charge in [-0.15, -0.1) is 0 Å². The minimum atomic E-state index is -0.407. The fraction of sp³-hybridized carbons (Fsp3) is 0.286. The van der Waals surface area contributed by atoms with E-state index in [1.807, 2.05) is 6.92 Å². The van der Waals surface area contributed by atoms with Crippen molar-refractivity contribution in [3.8, 4) is 0 Å². The van der Waals surface area contributed by atoms with Crippen molar-refractivity contribution in [3.63, 3.8) is 0 Å². The maximum Gasteiger partial charge on any atom is 0.252 e. The number of hydrogen-bond acceptors (Lipinski definition) is 1. The molecule has 50 valence electrons. The largest absolute Gasteiger partial charge is 0.276 e. The molecular formula is C7H9ClO. The SMILES string of the molecule is CC=CC(=CC)C(=O)Cl. The van der Waals surface area contributed by atoms with Crippen molar-refractivity contribution in [1.29, 1.82) is 0 Å². The molecule has 0 aromatic heterocycles. The second-order valence-electron chi connectivity index (χ2n) is 1.52. The molecule has 0 unspecified atom stereocenters. The minimum Gasteiger partial charge on any atom is -0.276 e. The average Bonchev–Trinajstić information content (AvgIpc) is 1.82. The van der Waals surface area contributed by atoms with E-state index >= 15 is 0 Å². The van der Waals surface area contributed by atoms with E-state index in [9.17, 15) is 4.79 Å². The van der Waals surface area contributed by atoms with E-state index in [1.165, 1.54) is 0 Å². The van der Waals surface area contributed by atoms with Crippen molar-refractivity contribution in [1.82, 2.24) is 0 Å². The van der Waals surface area contributed by atoms with Gasteiger partial charge in [-0.05, 0) is 25.4 Å². The number of carbonyl (C=O) groups is 1. The standard InChI is InChI=1S/C7H9ClO/c1-3-5-6(4-2)7(8)9/h3-5H,1-2H3. The molecule has 9 heavy (non-hydrogen) atoms. The third kappa shape index (κ3) is 3.09. The van der Waals surface area contributed by atoms with Gasteiger partial charge in [-0.3, -0.25) is 4.79 Å². The molecular weight excluding hydrogens is 136 g/mol. The summed E-state index contributed by atoms with van der Waals surface area (Å²) >= 11 is 5.16. The molecule has 0 aromatic carbocycles. The first-order chi connectivity index (χ1) is 4.22. The third-order valence-corrected chi connectivity index (χ3v) is 1.10. The molecule has 0 saturated carbocycles. The van der Waals surface area contributed by atoms with E-state index in [-0.39, 0.29) is 0 Å². The van der Waals surface area contributed by atoms with Crippen molar-refractivity contribution in [2.24, 2.45) is 0 Å². The molecule has 0 amide bonds. The van der Waals surface area contributed by atoms with E-state index in [1.54, 1.807) is 25.2 Å². The van der Waals surface area contributed by atoms with Crippen molar-refractivity contribution >= 4 is 16.8 Å². The lowest BCUT2D eigenvalue weighted by Gasteiger charge is -1.87. The van der Waals surface area contributed by atoms with Gasteiger partial charge in [0.15, 0.2) is 0 Å². The summed E-state index contributed by atoms with van der Waals surface area (Å²) in [7, 11) is 0. The van der Waals surface area contributed by atoms with Crippen LogP contribution < -0.4 is 0 Å². The number of hydrogen-bond donors (Lipinski definition) is 0. The van der Waals surface area contributed by atoms with Gasteiger partial charge in [-0.1, -0.05) is 18.2 Å². The van der Waals surface area contributed by atoms with Crippen molar-refractivity contribution in [2.75, 3.05) is 0 Å². The first-order valence-corrected chi connectivity index (χ1v) is 3.09.